The highest BCUT2D eigenvalue weighted by Gasteiger charge is 2.14. The summed E-state index contributed by atoms with van der Waals surface area (Å²) in [7, 11) is 1.64. The predicted octanol–water partition coefficient (Wildman–Crippen LogP) is 4.65. The molecule has 0 spiro atoms. The van der Waals surface area contributed by atoms with Crippen LogP contribution < -0.4 is 10.1 Å². The molecule has 0 radical (unpaired) electrons. The van der Waals surface area contributed by atoms with Crippen LogP contribution in [-0.2, 0) is 0 Å². The van der Waals surface area contributed by atoms with Crippen LogP contribution in [0.2, 0.25) is 5.02 Å². The van der Waals surface area contributed by atoms with E-state index in [1.807, 2.05) is 18.2 Å². The van der Waals surface area contributed by atoms with Crippen molar-refractivity contribution < 1.29 is 4.74 Å². The Labute approximate surface area is 138 Å². The maximum atomic E-state index is 6.10. The maximum absolute atomic E-state index is 6.10. The van der Waals surface area contributed by atoms with Gasteiger partial charge in [0.15, 0.2) is 0 Å². The summed E-state index contributed by atoms with van der Waals surface area (Å²) in [6.07, 6.45) is 0. The average Bonchev–Trinajstić information content (AvgIpc) is 2.47. The number of rotatable bonds is 5. The van der Waals surface area contributed by atoms with Crippen LogP contribution in [0.5, 0.6) is 5.75 Å². The molecule has 0 aromatic heterocycles. The fraction of sp³-hybridized carbons (Fsp3) is 0.250. The Morgan fingerprint density at radius 3 is 2.40 bits per heavy atom. The van der Waals surface area contributed by atoms with Crippen molar-refractivity contribution in [3.05, 3.63) is 62.2 Å². The van der Waals surface area contributed by atoms with Gasteiger partial charge in [-0.3, -0.25) is 0 Å². The smallest absolute Gasteiger partial charge is 0.137 e. The van der Waals surface area contributed by atoms with E-state index in [0.29, 0.717) is 10.8 Å². The van der Waals surface area contributed by atoms with Gasteiger partial charge < -0.3 is 10.1 Å². The molecular weight excluding hydrogens is 385 g/mol. The first-order chi connectivity index (χ1) is 9.65. The van der Waals surface area contributed by atoms with Gasteiger partial charge in [0, 0.05) is 3.57 Å². The summed E-state index contributed by atoms with van der Waals surface area (Å²) in [5.41, 5.74) is 2.38. The molecule has 0 heterocycles. The van der Waals surface area contributed by atoms with Crippen LogP contribution in [0, 0.1) is 3.57 Å². The SMILES string of the molecule is CCNC(c1ccc(I)cc1)c1ccc(Cl)c(OC)c1. The Morgan fingerprint density at radius 2 is 1.80 bits per heavy atom. The van der Waals surface area contributed by atoms with Crippen molar-refractivity contribution in [2.45, 2.75) is 13.0 Å². The van der Waals surface area contributed by atoms with Crippen molar-refractivity contribution in [1.29, 1.82) is 0 Å². The summed E-state index contributed by atoms with van der Waals surface area (Å²) >= 11 is 8.41. The lowest BCUT2D eigenvalue weighted by molar-refractivity contribution is 0.414. The number of methoxy groups -OCH3 is 1. The molecule has 0 aliphatic heterocycles. The molecular formula is C16H17ClINO. The van der Waals surface area contributed by atoms with E-state index in [1.54, 1.807) is 7.11 Å². The number of benzene rings is 2. The molecule has 0 aliphatic carbocycles. The van der Waals surface area contributed by atoms with Crippen molar-refractivity contribution in [2.24, 2.45) is 0 Å². The second-order valence-corrected chi connectivity index (χ2v) is 6.09. The first kappa shape index (κ1) is 15.6. The van der Waals surface area contributed by atoms with Crippen molar-refractivity contribution in [1.82, 2.24) is 5.32 Å². The number of nitrogens with one attached hydrogen (secondary N) is 1. The van der Waals surface area contributed by atoms with E-state index in [0.717, 1.165) is 12.1 Å². The van der Waals surface area contributed by atoms with Gasteiger partial charge in [0.05, 0.1) is 18.2 Å². The lowest BCUT2D eigenvalue weighted by Crippen LogP contribution is -2.22. The van der Waals surface area contributed by atoms with Gasteiger partial charge in [-0.1, -0.05) is 36.7 Å². The largest absolute Gasteiger partial charge is 0.495 e. The summed E-state index contributed by atoms with van der Waals surface area (Å²) in [6.45, 7) is 2.99. The standard InChI is InChI=1S/C16H17ClINO/c1-3-19-16(11-4-7-13(18)8-5-11)12-6-9-14(17)15(10-12)20-2/h4-10,16,19H,3H2,1-2H3. The van der Waals surface area contributed by atoms with Gasteiger partial charge in [-0.15, -0.1) is 0 Å². The zero-order chi connectivity index (χ0) is 14.5. The van der Waals surface area contributed by atoms with Crippen molar-refractivity contribution in [2.75, 3.05) is 13.7 Å². The van der Waals surface area contributed by atoms with Crippen LogP contribution in [-0.4, -0.2) is 13.7 Å². The van der Waals surface area contributed by atoms with Crippen molar-refractivity contribution in [3.8, 4) is 5.75 Å². The highest BCUT2D eigenvalue weighted by molar-refractivity contribution is 14.1. The van der Waals surface area contributed by atoms with E-state index in [1.165, 1.54) is 9.13 Å². The number of hydrogen-bond acceptors (Lipinski definition) is 2. The summed E-state index contributed by atoms with van der Waals surface area (Å²) in [4.78, 5) is 0. The third-order valence-corrected chi connectivity index (χ3v) is 4.15. The fourth-order valence-corrected chi connectivity index (χ4v) is 2.70. The molecule has 2 aromatic carbocycles. The molecule has 4 heteroatoms. The quantitative estimate of drug-likeness (QED) is 0.736. The second kappa shape index (κ2) is 7.29. The zero-order valence-electron chi connectivity index (χ0n) is 11.5. The Hall–Kier alpha value is -0.780. The first-order valence-electron chi connectivity index (χ1n) is 6.48. The van der Waals surface area contributed by atoms with Gasteiger partial charge in [-0.25, -0.2) is 0 Å². The Balaban J connectivity index is 2.39. The molecule has 0 saturated carbocycles. The molecule has 0 bridgehead atoms. The molecule has 0 saturated heterocycles. The zero-order valence-corrected chi connectivity index (χ0v) is 14.4. The van der Waals surface area contributed by atoms with Gasteiger partial charge in [0.1, 0.15) is 5.75 Å². The third kappa shape index (κ3) is 3.65. The maximum Gasteiger partial charge on any atom is 0.137 e. The number of ether oxygens (including phenoxy) is 1. The Morgan fingerprint density at radius 1 is 1.15 bits per heavy atom. The molecule has 0 amide bonds. The molecule has 2 nitrogen and oxygen atoms in total. The minimum absolute atomic E-state index is 0.142. The normalized spacial score (nSPS) is 12.2. The highest BCUT2D eigenvalue weighted by atomic mass is 127. The van der Waals surface area contributed by atoms with Crippen molar-refractivity contribution in [3.63, 3.8) is 0 Å². The van der Waals surface area contributed by atoms with E-state index < -0.39 is 0 Å². The number of hydrogen-bond donors (Lipinski definition) is 1. The van der Waals surface area contributed by atoms with E-state index in [-0.39, 0.29) is 6.04 Å². The third-order valence-electron chi connectivity index (χ3n) is 3.12. The molecule has 2 aromatic rings. The van der Waals surface area contributed by atoms with Crippen LogP contribution in [0.25, 0.3) is 0 Å². The van der Waals surface area contributed by atoms with Crippen LogP contribution in [0.3, 0.4) is 0 Å². The molecule has 1 atom stereocenters. The minimum atomic E-state index is 0.142. The molecule has 1 unspecified atom stereocenters. The van der Waals surface area contributed by atoms with E-state index in [9.17, 15) is 0 Å². The highest BCUT2D eigenvalue weighted by Crippen LogP contribution is 2.30. The molecule has 106 valence electrons. The first-order valence-corrected chi connectivity index (χ1v) is 7.93. The molecule has 0 aliphatic rings. The predicted molar refractivity (Wildman–Crippen MR) is 92.7 cm³/mol. The van der Waals surface area contributed by atoms with Crippen LogP contribution in [0.15, 0.2) is 42.5 Å². The second-order valence-electron chi connectivity index (χ2n) is 4.44. The molecule has 0 fully saturated rings. The molecule has 1 N–H and O–H groups in total. The molecule has 20 heavy (non-hydrogen) atoms. The van der Waals surface area contributed by atoms with Crippen LogP contribution in [0.4, 0.5) is 0 Å². The summed E-state index contributed by atoms with van der Waals surface area (Å²) in [5, 5.41) is 4.14. The van der Waals surface area contributed by atoms with E-state index >= 15 is 0 Å². The van der Waals surface area contributed by atoms with Gasteiger partial charge in [0.2, 0.25) is 0 Å². The van der Waals surface area contributed by atoms with E-state index in [2.05, 4.69) is 59.1 Å². The van der Waals surface area contributed by atoms with Gasteiger partial charge in [-0.2, -0.15) is 0 Å². The van der Waals surface area contributed by atoms with Gasteiger partial charge >= 0.3 is 0 Å². The van der Waals surface area contributed by atoms with Gasteiger partial charge in [-0.05, 0) is 64.5 Å². The van der Waals surface area contributed by atoms with Crippen LogP contribution in [0.1, 0.15) is 24.1 Å². The summed E-state index contributed by atoms with van der Waals surface area (Å²) in [5.74, 6) is 0.706. The lowest BCUT2D eigenvalue weighted by atomic mass is 9.98. The summed E-state index contributed by atoms with van der Waals surface area (Å²) in [6, 6.07) is 14.6. The lowest BCUT2D eigenvalue weighted by Gasteiger charge is -2.20. The fourth-order valence-electron chi connectivity index (χ4n) is 2.14. The topological polar surface area (TPSA) is 21.3 Å². The Kier molecular flexibility index (Phi) is 5.69. The van der Waals surface area contributed by atoms with Gasteiger partial charge in [0.25, 0.3) is 0 Å². The van der Waals surface area contributed by atoms with Crippen molar-refractivity contribution >= 4 is 34.2 Å². The Bertz CT molecular complexity index is 571. The average molecular weight is 402 g/mol. The van der Waals surface area contributed by atoms with E-state index in [4.69, 9.17) is 16.3 Å². The van der Waals surface area contributed by atoms with Crippen LogP contribution >= 0.6 is 34.2 Å². The minimum Gasteiger partial charge on any atom is -0.495 e. The number of halogens is 2. The summed E-state index contributed by atoms with van der Waals surface area (Å²) < 4.78 is 6.54. The molecule has 2 rings (SSSR count). The monoisotopic (exact) mass is 401 g/mol.